The molecule has 0 radical (unpaired) electrons. The van der Waals surface area contributed by atoms with E-state index in [-0.39, 0.29) is 0 Å². The highest BCUT2D eigenvalue weighted by atomic mass is 19.4. The van der Waals surface area contributed by atoms with Crippen molar-refractivity contribution >= 4 is 5.91 Å². The summed E-state index contributed by atoms with van der Waals surface area (Å²) >= 11 is 0. The van der Waals surface area contributed by atoms with Gasteiger partial charge in [-0.05, 0) is 24.1 Å². The monoisotopic (exact) mass is 273 g/mol. The number of primary amides is 1. The van der Waals surface area contributed by atoms with E-state index >= 15 is 0 Å². The van der Waals surface area contributed by atoms with Crippen LogP contribution in [0.4, 0.5) is 13.2 Å². The number of nitrogens with two attached hydrogens (primary N) is 1. The molecule has 5 heteroatoms. The number of hydrogen-bond donors (Lipinski definition) is 1. The number of carbonyl (C=O) groups excluding carboxylic acids is 1. The Hall–Kier alpha value is -1.52. The highest BCUT2D eigenvalue weighted by Crippen LogP contribution is 2.31. The minimum Gasteiger partial charge on any atom is -0.369 e. The summed E-state index contributed by atoms with van der Waals surface area (Å²) in [5.41, 5.74) is 5.15. The Morgan fingerprint density at radius 3 is 2.21 bits per heavy atom. The maximum Gasteiger partial charge on any atom is 0.416 e. The molecule has 2 N–H and O–H groups in total. The van der Waals surface area contributed by atoms with Gasteiger partial charge in [-0.2, -0.15) is 13.2 Å². The van der Waals surface area contributed by atoms with E-state index in [2.05, 4.69) is 0 Å². The Balaban J connectivity index is 2.83. The number of alkyl halides is 3. The SMILES string of the molecule is CCCCCC(C(N)=O)c1ccc(C(F)(F)F)cc1. The molecule has 1 amide bonds. The number of rotatable bonds is 6. The number of hydrogen-bond acceptors (Lipinski definition) is 1. The Morgan fingerprint density at radius 1 is 1.21 bits per heavy atom. The fourth-order valence-electron chi connectivity index (χ4n) is 1.98. The third-order valence-electron chi connectivity index (χ3n) is 3.08. The summed E-state index contributed by atoms with van der Waals surface area (Å²) in [6, 6.07) is 4.66. The van der Waals surface area contributed by atoms with E-state index in [0.717, 1.165) is 31.4 Å². The molecule has 2 nitrogen and oxygen atoms in total. The van der Waals surface area contributed by atoms with E-state index in [1.54, 1.807) is 0 Å². The van der Waals surface area contributed by atoms with E-state index < -0.39 is 23.6 Å². The maximum absolute atomic E-state index is 12.4. The van der Waals surface area contributed by atoms with Crippen LogP contribution in [0.15, 0.2) is 24.3 Å². The molecule has 0 aliphatic heterocycles. The second kappa shape index (κ2) is 6.59. The zero-order chi connectivity index (χ0) is 14.5. The van der Waals surface area contributed by atoms with Gasteiger partial charge >= 0.3 is 6.18 Å². The number of halogens is 3. The lowest BCUT2D eigenvalue weighted by Gasteiger charge is -2.14. The molecule has 0 saturated carbocycles. The minimum atomic E-state index is -4.36. The van der Waals surface area contributed by atoms with Crippen molar-refractivity contribution in [3.63, 3.8) is 0 Å². The summed E-state index contributed by atoms with van der Waals surface area (Å²) in [5.74, 6) is -0.996. The molecule has 1 rings (SSSR count). The van der Waals surface area contributed by atoms with Crippen LogP contribution in [0.2, 0.25) is 0 Å². The molecule has 0 fully saturated rings. The molecule has 0 bridgehead atoms. The van der Waals surface area contributed by atoms with Crippen LogP contribution in [0.1, 0.15) is 49.7 Å². The quantitative estimate of drug-likeness (QED) is 0.786. The van der Waals surface area contributed by atoms with Crippen molar-refractivity contribution in [1.29, 1.82) is 0 Å². The summed E-state index contributed by atoms with van der Waals surface area (Å²) in [4.78, 5) is 11.4. The number of benzene rings is 1. The maximum atomic E-state index is 12.4. The van der Waals surface area contributed by atoms with Gasteiger partial charge in [0.25, 0.3) is 0 Å². The molecule has 0 aliphatic carbocycles. The van der Waals surface area contributed by atoms with E-state index in [0.29, 0.717) is 12.0 Å². The first-order chi connectivity index (χ1) is 8.86. The zero-order valence-electron chi connectivity index (χ0n) is 10.8. The predicted octanol–water partition coefficient (Wildman–Crippen LogP) is 3.85. The highest BCUT2D eigenvalue weighted by molar-refractivity contribution is 5.81. The average Bonchev–Trinajstić information content (AvgIpc) is 2.33. The third kappa shape index (κ3) is 4.58. The van der Waals surface area contributed by atoms with Gasteiger partial charge in [-0.1, -0.05) is 38.3 Å². The van der Waals surface area contributed by atoms with E-state index in [1.807, 2.05) is 6.92 Å². The van der Waals surface area contributed by atoms with Crippen LogP contribution in [0.5, 0.6) is 0 Å². The first kappa shape index (κ1) is 15.5. The second-order valence-corrected chi connectivity index (χ2v) is 4.57. The zero-order valence-corrected chi connectivity index (χ0v) is 10.8. The topological polar surface area (TPSA) is 43.1 Å². The largest absolute Gasteiger partial charge is 0.416 e. The highest BCUT2D eigenvalue weighted by Gasteiger charge is 2.30. The van der Waals surface area contributed by atoms with Gasteiger partial charge in [0.2, 0.25) is 5.91 Å². The van der Waals surface area contributed by atoms with Crippen LogP contribution in [0, 0.1) is 0 Å². The van der Waals surface area contributed by atoms with Crippen LogP contribution < -0.4 is 5.73 Å². The summed E-state index contributed by atoms with van der Waals surface area (Å²) in [7, 11) is 0. The molecule has 1 aromatic carbocycles. The minimum absolute atomic E-state index is 0.490. The van der Waals surface area contributed by atoms with Crippen LogP contribution in [0.3, 0.4) is 0 Å². The van der Waals surface area contributed by atoms with Gasteiger partial charge in [0.1, 0.15) is 0 Å². The fraction of sp³-hybridized carbons (Fsp3) is 0.500. The van der Waals surface area contributed by atoms with Gasteiger partial charge in [0.05, 0.1) is 11.5 Å². The summed E-state index contributed by atoms with van der Waals surface area (Å²) in [6.07, 6.45) is -0.953. The van der Waals surface area contributed by atoms with Crippen molar-refractivity contribution in [2.24, 2.45) is 5.73 Å². The van der Waals surface area contributed by atoms with Crippen LogP contribution in [-0.4, -0.2) is 5.91 Å². The van der Waals surface area contributed by atoms with Gasteiger partial charge in [-0.25, -0.2) is 0 Å². The van der Waals surface area contributed by atoms with Gasteiger partial charge < -0.3 is 5.73 Å². The van der Waals surface area contributed by atoms with Gasteiger partial charge in [0, 0.05) is 0 Å². The molecule has 0 heterocycles. The van der Waals surface area contributed by atoms with Crippen LogP contribution in [0.25, 0.3) is 0 Å². The Bertz CT molecular complexity index is 412. The number of amides is 1. The Labute approximate surface area is 110 Å². The van der Waals surface area contributed by atoms with Gasteiger partial charge in [-0.15, -0.1) is 0 Å². The lowest BCUT2D eigenvalue weighted by Crippen LogP contribution is -2.21. The average molecular weight is 273 g/mol. The standard InChI is InChI=1S/C14H18F3NO/c1-2-3-4-5-12(13(18)19)10-6-8-11(9-7-10)14(15,16)17/h6-9,12H,2-5H2,1H3,(H2,18,19). The lowest BCUT2D eigenvalue weighted by molar-refractivity contribution is -0.137. The first-order valence-corrected chi connectivity index (χ1v) is 6.32. The molecule has 19 heavy (non-hydrogen) atoms. The van der Waals surface area contributed by atoms with Gasteiger partial charge in [0.15, 0.2) is 0 Å². The molecule has 1 aromatic rings. The summed E-state index contributed by atoms with van der Waals surface area (Å²) < 4.78 is 37.3. The second-order valence-electron chi connectivity index (χ2n) is 4.57. The molecule has 1 unspecified atom stereocenters. The van der Waals surface area contributed by atoms with Crippen molar-refractivity contribution in [1.82, 2.24) is 0 Å². The molecule has 0 aromatic heterocycles. The van der Waals surface area contributed by atoms with Crippen molar-refractivity contribution in [3.8, 4) is 0 Å². The number of carbonyl (C=O) groups is 1. The van der Waals surface area contributed by atoms with Crippen LogP contribution in [-0.2, 0) is 11.0 Å². The predicted molar refractivity (Wildman–Crippen MR) is 67.5 cm³/mol. The molecular formula is C14H18F3NO. The molecule has 1 atom stereocenters. The molecule has 0 saturated heterocycles. The van der Waals surface area contributed by atoms with Crippen molar-refractivity contribution in [2.45, 2.75) is 44.7 Å². The molecule has 0 spiro atoms. The Morgan fingerprint density at radius 2 is 1.79 bits per heavy atom. The molecular weight excluding hydrogens is 255 g/mol. The van der Waals surface area contributed by atoms with Crippen molar-refractivity contribution in [3.05, 3.63) is 35.4 Å². The van der Waals surface area contributed by atoms with E-state index in [1.165, 1.54) is 12.1 Å². The van der Waals surface area contributed by atoms with E-state index in [9.17, 15) is 18.0 Å². The van der Waals surface area contributed by atoms with E-state index in [4.69, 9.17) is 5.73 Å². The normalized spacial score (nSPS) is 13.3. The smallest absolute Gasteiger partial charge is 0.369 e. The Kier molecular flexibility index (Phi) is 5.39. The van der Waals surface area contributed by atoms with Gasteiger partial charge in [-0.3, -0.25) is 4.79 Å². The van der Waals surface area contributed by atoms with Crippen molar-refractivity contribution < 1.29 is 18.0 Å². The summed E-state index contributed by atoms with van der Waals surface area (Å²) in [5, 5.41) is 0. The fourth-order valence-corrected chi connectivity index (χ4v) is 1.98. The van der Waals surface area contributed by atoms with Crippen molar-refractivity contribution in [2.75, 3.05) is 0 Å². The lowest BCUT2D eigenvalue weighted by atomic mass is 9.92. The molecule has 0 aliphatic rings. The first-order valence-electron chi connectivity index (χ1n) is 6.32. The van der Waals surface area contributed by atoms with Crippen LogP contribution >= 0.6 is 0 Å². The molecule has 106 valence electrons. The third-order valence-corrected chi connectivity index (χ3v) is 3.08. The summed E-state index contributed by atoms with van der Waals surface area (Å²) in [6.45, 7) is 2.04. The number of unbranched alkanes of at least 4 members (excludes halogenated alkanes) is 2.